The number of aliphatic hydroxyl groups excluding tert-OH is 1. The number of rotatable bonds is 0. The van der Waals surface area contributed by atoms with Gasteiger partial charge in [0.05, 0.1) is 11.7 Å². The van der Waals surface area contributed by atoms with Crippen molar-refractivity contribution in [2.75, 3.05) is 0 Å². The molecule has 0 bridgehead atoms. The molecule has 0 aliphatic heterocycles. The summed E-state index contributed by atoms with van der Waals surface area (Å²) in [6, 6.07) is 0. The van der Waals surface area contributed by atoms with Crippen LogP contribution < -0.4 is 0 Å². The lowest BCUT2D eigenvalue weighted by Crippen LogP contribution is -2.58. The lowest BCUT2D eigenvalue weighted by molar-refractivity contribution is -0.166. The first-order valence-electron chi connectivity index (χ1n) is 10.3. The van der Waals surface area contributed by atoms with E-state index in [-0.39, 0.29) is 11.5 Å². The quantitative estimate of drug-likeness (QED) is 0.631. The van der Waals surface area contributed by atoms with Gasteiger partial charge in [-0.1, -0.05) is 25.5 Å². The summed E-state index contributed by atoms with van der Waals surface area (Å²) in [5.74, 6) is 2.73. The van der Waals surface area contributed by atoms with Gasteiger partial charge in [-0.2, -0.15) is 0 Å². The smallest absolute Gasteiger partial charge is 0.0636 e. The van der Waals surface area contributed by atoms with Crippen LogP contribution in [0.3, 0.4) is 0 Å². The van der Waals surface area contributed by atoms with Crippen LogP contribution in [0.25, 0.3) is 0 Å². The maximum atomic E-state index is 11.2. The molecular weight excluding hydrogens is 296 g/mol. The summed E-state index contributed by atoms with van der Waals surface area (Å²) >= 11 is 0. The summed E-state index contributed by atoms with van der Waals surface area (Å²) in [4.78, 5) is 0. The molecule has 4 aliphatic carbocycles. The average Bonchev–Trinajstić information content (AvgIpc) is 2.87. The van der Waals surface area contributed by atoms with Crippen LogP contribution in [0.5, 0.6) is 0 Å². The molecule has 8 atom stereocenters. The molecule has 0 aromatic carbocycles. The van der Waals surface area contributed by atoms with E-state index in [1.165, 1.54) is 31.3 Å². The molecule has 4 aliphatic rings. The van der Waals surface area contributed by atoms with Crippen molar-refractivity contribution in [1.29, 1.82) is 0 Å². The van der Waals surface area contributed by atoms with Crippen molar-refractivity contribution < 1.29 is 10.2 Å². The fraction of sp³-hybridized carbons (Fsp3) is 0.909. The minimum atomic E-state index is -0.468. The van der Waals surface area contributed by atoms with Gasteiger partial charge in [0, 0.05) is 5.41 Å². The minimum Gasteiger partial charge on any atom is -0.392 e. The molecule has 0 saturated heterocycles. The number of fused-ring (bicyclic) bond motifs is 5. The van der Waals surface area contributed by atoms with Crippen molar-refractivity contribution in [3.63, 3.8) is 0 Å². The Bertz CT molecular complexity index is 550. The van der Waals surface area contributed by atoms with Crippen LogP contribution >= 0.6 is 0 Å². The van der Waals surface area contributed by atoms with Crippen LogP contribution in [0, 0.1) is 34.5 Å². The van der Waals surface area contributed by atoms with Crippen LogP contribution in [0.15, 0.2) is 11.6 Å². The van der Waals surface area contributed by atoms with E-state index in [0.29, 0.717) is 23.2 Å². The van der Waals surface area contributed by atoms with Crippen molar-refractivity contribution in [2.24, 2.45) is 34.5 Å². The number of hydrogen-bond acceptors (Lipinski definition) is 2. The van der Waals surface area contributed by atoms with E-state index >= 15 is 0 Å². The number of hydrogen-bond donors (Lipinski definition) is 2. The first-order chi connectivity index (χ1) is 11.2. The molecule has 0 aromatic rings. The van der Waals surface area contributed by atoms with E-state index in [1.54, 1.807) is 0 Å². The lowest BCUT2D eigenvalue weighted by Gasteiger charge is -2.62. The molecule has 0 radical (unpaired) electrons. The zero-order valence-corrected chi connectivity index (χ0v) is 16.0. The molecule has 2 N–H and O–H groups in total. The Kier molecular flexibility index (Phi) is 3.80. The van der Waals surface area contributed by atoms with Crippen LogP contribution in [-0.4, -0.2) is 21.9 Å². The van der Waals surface area contributed by atoms with Crippen molar-refractivity contribution in [3.8, 4) is 0 Å². The van der Waals surface area contributed by atoms with Gasteiger partial charge in [-0.15, -0.1) is 0 Å². The third kappa shape index (κ3) is 2.14. The summed E-state index contributed by atoms with van der Waals surface area (Å²) in [5.41, 5.74) is 1.40. The van der Waals surface area contributed by atoms with E-state index in [1.807, 2.05) is 6.92 Å². The molecule has 2 nitrogen and oxygen atoms in total. The highest BCUT2D eigenvalue weighted by molar-refractivity contribution is 5.26. The van der Waals surface area contributed by atoms with Gasteiger partial charge in [0.2, 0.25) is 0 Å². The van der Waals surface area contributed by atoms with Crippen LogP contribution in [0.4, 0.5) is 0 Å². The SMILES string of the molecule is C/C=C1/CC[C@H]2[C@@H]3CC[C@H]4C[C@](C)(O)CC[C@]4(C)[C@H]3C[C@@H](O)[C@]12C. The van der Waals surface area contributed by atoms with Gasteiger partial charge >= 0.3 is 0 Å². The second-order valence-electron chi connectivity index (χ2n) is 10.2. The second kappa shape index (κ2) is 5.33. The molecule has 0 amide bonds. The van der Waals surface area contributed by atoms with Gasteiger partial charge in [-0.05, 0) is 94.3 Å². The Hall–Kier alpha value is -0.340. The van der Waals surface area contributed by atoms with Crippen molar-refractivity contribution >= 4 is 0 Å². The highest BCUT2D eigenvalue weighted by Gasteiger charge is 2.62. The summed E-state index contributed by atoms with van der Waals surface area (Å²) in [5, 5.41) is 21.8. The topological polar surface area (TPSA) is 40.5 Å². The molecule has 4 saturated carbocycles. The molecule has 24 heavy (non-hydrogen) atoms. The summed E-state index contributed by atoms with van der Waals surface area (Å²) in [6.07, 6.45) is 11.2. The second-order valence-corrected chi connectivity index (χ2v) is 10.2. The van der Waals surface area contributed by atoms with E-state index in [2.05, 4.69) is 26.8 Å². The maximum absolute atomic E-state index is 11.2. The predicted octanol–water partition coefficient (Wildman–Crippen LogP) is 4.70. The molecule has 0 unspecified atom stereocenters. The summed E-state index contributed by atoms with van der Waals surface area (Å²) in [7, 11) is 0. The normalized spacial score (nSPS) is 58.9. The van der Waals surface area contributed by atoms with Crippen LogP contribution in [-0.2, 0) is 0 Å². The third-order valence-corrected chi connectivity index (χ3v) is 9.25. The predicted molar refractivity (Wildman–Crippen MR) is 97.5 cm³/mol. The van der Waals surface area contributed by atoms with E-state index in [0.717, 1.165) is 31.6 Å². The monoisotopic (exact) mass is 332 g/mol. The summed E-state index contributed by atoms with van der Waals surface area (Å²) < 4.78 is 0. The van der Waals surface area contributed by atoms with Crippen LogP contribution in [0.1, 0.15) is 79.1 Å². The largest absolute Gasteiger partial charge is 0.392 e. The van der Waals surface area contributed by atoms with Gasteiger partial charge in [-0.3, -0.25) is 0 Å². The summed E-state index contributed by atoms with van der Waals surface area (Å²) in [6.45, 7) is 9.02. The molecular formula is C22H36O2. The Morgan fingerprint density at radius 1 is 1.04 bits per heavy atom. The van der Waals surface area contributed by atoms with Crippen molar-refractivity contribution in [1.82, 2.24) is 0 Å². The molecule has 0 aromatic heterocycles. The maximum Gasteiger partial charge on any atom is 0.0636 e. The Labute approximate surface area is 147 Å². The molecule has 4 fully saturated rings. The van der Waals surface area contributed by atoms with Crippen LogP contribution in [0.2, 0.25) is 0 Å². The van der Waals surface area contributed by atoms with E-state index in [9.17, 15) is 10.2 Å². The fourth-order valence-corrected chi connectivity index (χ4v) is 7.72. The van der Waals surface area contributed by atoms with Crippen molar-refractivity contribution in [3.05, 3.63) is 11.6 Å². The molecule has 2 heteroatoms. The number of aliphatic hydroxyl groups is 2. The van der Waals surface area contributed by atoms with Gasteiger partial charge in [-0.25, -0.2) is 0 Å². The highest BCUT2D eigenvalue weighted by atomic mass is 16.3. The van der Waals surface area contributed by atoms with E-state index in [4.69, 9.17) is 0 Å². The highest BCUT2D eigenvalue weighted by Crippen LogP contribution is 2.67. The van der Waals surface area contributed by atoms with Gasteiger partial charge in [0.1, 0.15) is 0 Å². The van der Waals surface area contributed by atoms with Gasteiger partial charge in [0.15, 0.2) is 0 Å². The standard InChI is InChI=1S/C22H36O2/c1-5-14-7-9-17-16-8-6-15-13-20(2,24)10-11-21(15,3)18(16)12-19(23)22(14,17)4/h5,15-19,23-24H,6-13H2,1-4H3/b14-5-/t15-,16-,17-,18-,19+,20+,21-,22+/m0/s1. The Balaban J connectivity index is 1.67. The van der Waals surface area contributed by atoms with Crippen molar-refractivity contribution in [2.45, 2.75) is 90.8 Å². The Morgan fingerprint density at radius 3 is 2.50 bits per heavy atom. The zero-order valence-electron chi connectivity index (χ0n) is 16.0. The average molecular weight is 333 g/mol. The number of allylic oxidation sites excluding steroid dienone is 1. The third-order valence-electron chi connectivity index (χ3n) is 9.25. The zero-order chi connectivity index (χ0) is 17.3. The minimum absolute atomic E-state index is 0.0271. The van der Waals surface area contributed by atoms with Gasteiger partial charge < -0.3 is 10.2 Å². The Morgan fingerprint density at radius 2 is 1.79 bits per heavy atom. The molecule has 0 spiro atoms. The molecule has 0 heterocycles. The van der Waals surface area contributed by atoms with Gasteiger partial charge in [0.25, 0.3) is 0 Å². The first kappa shape index (κ1) is 17.1. The molecule has 136 valence electrons. The lowest BCUT2D eigenvalue weighted by atomic mass is 9.43. The fourth-order valence-electron chi connectivity index (χ4n) is 7.72. The molecule has 4 rings (SSSR count). The first-order valence-corrected chi connectivity index (χ1v) is 10.3. The van der Waals surface area contributed by atoms with E-state index < -0.39 is 5.60 Å².